The molecule has 7 atom stereocenters. The van der Waals surface area contributed by atoms with E-state index in [9.17, 15) is 24.6 Å². The predicted molar refractivity (Wildman–Crippen MR) is 139 cm³/mol. The van der Waals surface area contributed by atoms with Crippen LogP contribution < -0.4 is 0 Å². The lowest BCUT2D eigenvalue weighted by atomic mass is 9.40. The predicted octanol–water partition coefficient (Wildman–Crippen LogP) is 6.95. The van der Waals surface area contributed by atoms with Gasteiger partial charge in [-0.15, -0.1) is 0 Å². The molecule has 0 aromatic carbocycles. The van der Waals surface area contributed by atoms with Gasteiger partial charge in [0.05, 0.1) is 0 Å². The first-order chi connectivity index (χ1) is 16.7. The summed E-state index contributed by atoms with van der Waals surface area (Å²) < 4.78 is 0. The maximum atomic E-state index is 11.9. The van der Waals surface area contributed by atoms with Gasteiger partial charge in [0.2, 0.25) is 0 Å². The zero-order chi connectivity index (χ0) is 27.1. The van der Waals surface area contributed by atoms with Gasteiger partial charge in [0.15, 0.2) is 0 Å². The molecule has 6 nitrogen and oxygen atoms in total. The number of allylic oxidation sites excluding steroid dienone is 2. The maximum Gasteiger partial charge on any atom is 0.331 e. The van der Waals surface area contributed by atoms with Crippen LogP contribution in [0.4, 0.5) is 0 Å². The molecule has 0 aromatic rings. The Morgan fingerprint density at radius 3 is 2.22 bits per heavy atom. The summed E-state index contributed by atoms with van der Waals surface area (Å²) in [6.45, 7) is 12.9. The zero-order valence-electron chi connectivity index (χ0n) is 23.0. The second kappa shape index (κ2) is 10.3. The highest BCUT2D eigenvalue weighted by molar-refractivity contribution is 5.87. The molecule has 0 aromatic heterocycles. The molecule has 3 fully saturated rings. The Balaban J connectivity index is 1.90. The third-order valence-electron chi connectivity index (χ3n) is 11.3. The number of aliphatic carboxylic acids is 3. The molecule has 0 heterocycles. The van der Waals surface area contributed by atoms with Crippen LogP contribution >= 0.6 is 0 Å². The Kier molecular flexibility index (Phi) is 8.17. The van der Waals surface area contributed by atoms with E-state index in [4.69, 9.17) is 5.11 Å². The average Bonchev–Trinajstić information content (AvgIpc) is 3.07. The lowest BCUT2D eigenvalue weighted by Gasteiger charge is -2.65. The van der Waals surface area contributed by atoms with Crippen LogP contribution in [0, 0.1) is 39.9 Å². The lowest BCUT2D eigenvalue weighted by molar-refractivity contribution is -0.148. The van der Waals surface area contributed by atoms with Gasteiger partial charge < -0.3 is 15.3 Å². The normalized spacial score (nSPS) is 38.6. The number of carbonyl (C=O) groups is 3. The van der Waals surface area contributed by atoms with E-state index in [1.54, 1.807) is 13.8 Å². The molecule has 0 unspecified atom stereocenters. The van der Waals surface area contributed by atoms with Gasteiger partial charge in [0.25, 0.3) is 0 Å². The fraction of sp³-hybridized carbons (Fsp3) is 0.767. The molecule has 3 aliphatic rings. The van der Waals surface area contributed by atoms with E-state index < -0.39 is 17.9 Å². The monoisotopic (exact) mass is 502 g/mol. The van der Waals surface area contributed by atoms with Crippen molar-refractivity contribution in [1.29, 1.82) is 0 Å². The number of fused-ring (bicyclic) bond motifs is 3. The third kappa shape index (κ3) is 4.77. The Morgan fingerprint density at radius 1 is 0.972 bits per heavy atom. The molecule has 202 valence electrons. The Morgan fingerprint density at radius 2 is 1.64 bits per heavy atom. The summed E-state index contributed by atoms with van der Waals surface area (Å²) in [7, 11) is 0. The maximum absolute atomic E-state index is 11.9. The van der Waals surface area contributed by atoms with Crippen molar-refractivity contribution < 1.29 is 29.7 Å². The van der Waals surface area contributed by atoms with Crippen molar-refractivity contribution in [2.24, 2.45) is 39.9 Å². The molecule has 6 heteroatoms. The van der Waals surface area contributed by atoms with E-state index in [1.807, 2.05) is 6.08 Å². The molecule has 0 spiro atoms. The van der Waals surface area contributed by atoms with Gasteiger partial charge in [-0.25, -0.2) is 9.59 Å². The van der Waals surface area contributed by atoms with Crippen LogP contribution in [0.2, 0.25) is 0 Å². The molecule has 0 radical (unpaired) electrons. The number of carboxylic acid groups (broad SMARTS) is 3. The summed E-state index contributed by atoms with van der Waals surface area (Å²) in [6, 6.07) is 0. The molecule has 0 saturated heterocycles. The molecule has 3 saturated carbocycles. The average molecular weight is 503 g/mol. The molecule has 36 heavy (non-hydrogen) atoms. The fourth-order valence-electron chi connectivity index (χ4n) is 9.02. The van der Waals surface area contributed by atoms with Gasteiger partial charge >= 0.3 is 17.9 Å². The van der Waals surface area contributed by atoms with E-state index >= 15 is 0 Å². The van der Waals surface area contributed by atoms with Crippen LogP contribution in [0.15, 0.2) is 22.8 Å². The van der Waals surface area contributed by atoms with E-state index in [0.29, 0.717) is 35.3 Å². The second-order valence-electron chi connectivity index (χ2n) is 12.8. The minimum absolute atomic E-state index is 0.00886. The standard InChI is InChI=1S/C30H46O6/c1-18(8-7-9-19(2)26(33)34)22-14-15-30(6)24-12-10-21(20(3)27(35)36)23(11-13-25(31)32)28(24,4)16-17-29(22,30)5/h9,18,22-24H,7-8,10-17H2,1-6H3,(H,31,32)(H,33,34)(H,35,36)/b19-9+,21-20+/t18-,22-,23-,24-,28+,29-,30+/m1/s1. The van der Waals surface area contributed by atoms with E-state index in [0.717, 1.165) is 50.5 Å². The van der Waals surface area contributed by atoms with Crippen molar-refractivity contribution in [2.75, 3.05) is 0 Å². The van der Waals surface area contributed by atoms with Gasteiger partial charge in [0, 0.05) is 17.6 Å². The smallest absolute Gasteiger partial charge is 0.331 e. The SMILES string of the molecule is C/C(=C\CC[C@@H](C)[C@H]1CC[C@@]2(C)[C@@H]3CC/C(=C(/C)C(=O)O)[C@@H](CCC(=O)O)[C@]3(C)CC[C@]12C)C(=O)O. The number of carboxylic acids is 3. The van der Waals surface area contributed by atoms with E-state index in [-0.39, 0.29) is 28.6 Å². The highest BCUT2D eigenvalue weighted by Gasteiger charge is 2.66. The summed E-state index contributed by atoms with van der Waals surface area (Å²) in [5.41, 5.74) is 1.98. The Hall–Kier alpha value is -2.11. The van der Waals surface area contributed by atoms with Crippen LogP contribution in [0.5, 0.6) is 0 Å². The Bertz CT molecular complexity index is 962. The molecule has 3 N–H and O–H groups in total. The molecule has 3 rings (SSSR count). The van der Waals surface area contributed by atoms with Crippen LogP contribution in [-0.4, -0.2) is 33.2 Å². The number of hydrogen-bond donors (Lipinski definition) is 3. The minimum atomic E-state index is -0.888. The topological polar surface area (TPSA) is 112 Å². The summed E-state index contributed by atoms with van der Waals surface area (Å²) in [5.74, 6) is -1.07. The van der Waals surface area contributed by atoms with E-state index in [2.05, 4.69) is 27.7 Å². The number of hydrogen-bond acceptors (Lipinski definition) is 3. The largest absolute Gasteiger partial charge is 0.481 e. The Labute approximate surface area is 216 Å². The van der Waals surface area contributed by atoms with Crippen LogP contribution in [0.25, 0.3) is 0 Å². The van der Waals surface area contributed by atoms with Crippen LogP contribution in [-0.2, 0) is 14.4 Å². The first-order valence-electron chi connectivity index (χ1n) is 13.7. The molecule has 3 aliphatic carbocycles. The van der Waals surface area contributed by atoms with Gasteiger partial charge in [-0.3, -0.25) is 4.79 Å². The summed E-state index contributed by atoms with van der Waals surface area (Å²) >= 11 is 0. The summed E-state index contributed by atoms with van der Waals surface area (Å²) in [6.07, 6.45) is 10.3. The minimum Gasteiger partial charge on any atom is -0.481 e. The quantitative estimate of drug-likeness (QED) is 0.294. The van der Waals surface area contributed by atoms with Crippen molar-refractivity contribution in [1.82, 2.24) is 0 Å². The van der Waals surface area contributed by atoms with Gasteiger partial charge in [-0.1, -0.05) is 39.3 Å². The zero-order valence-corrected chi connectivity index (χ0v) is 23.0. The molecular weight excluding hydrogens is 456 g/mol. The van der Waals surface area contributed by atoms with Crippen molar-refractivity contribution in [3.63, 3.8) is 0 Å². The first kappa shape index (κ1) is 28.5. The summed E-state index contributed by atoms with van der Waals surface area (Å²) in [5, 5.41) is 28.4. The van der Waals surface area contributed by atoms with Crippen molar-refractivity contribution in [2.45, 2.75) is 106 Å². The van der Waals surface area contributed by atoms with Crippen molar-refractivity contribution >= 4 is 17.9 Å². The van der Waals surface area contributed by atoms with Gasteiger partial charge in [-0.2, -0.15) is 0 Å². The molecule has 0 aliphatic heterocycles. The van der Waals surface area contributed by atoms with Crippen LogP contribution in [0.1, 0.15) is 106 Å². The van der Waals surface area contributed by atoms with Crippen molar-refractivity contribution in [3.8, 4) is 0 Å². The molecule has 0 amide bonds. The van der Waals surface area contributed by atoms with E-state index in [1.165, 1.54) is 6.42 Å². The second-order valence-corrected chi connectivity index (χ2v) is 12.8. The van der Waals surface area contributed by atoms with Crippen molar-refractivity contribution in [3.05, 3.63) is 22.8 Å². The third-order valence-corrected chi connectivity index (χ3v) is 11.3. The first-order valence-corrected chi connectivity index (χ1v) is 13.7. The van der Waals surface area contributed by atoms with Crippen LogP contribution in [0.3, 0.4) is 0 Å². The molecular formula is C30H46O6. The van der Waals surface area contributed by atoms with Gasteiger partial charge in [0.1, 0.15) is 0 Å². The fourth-order valence-corrected chi connectivity index (χ4v) is 9.02. The molecule has 0 bridgehead atoms. The highest BCUT2D eigenvalue weighted by Crippen LogP contribution is 2.74. The van der Waals surface area contributed by atoms with Gasteiger partial charge in [-0.05, 0) is 112 Å². The summed E-state index contributed by atoms with van der Waals surface area (Å²) in [4.78, 5) is 34.6. The lowest BCUT2D eigenvalue weighted by Crippen LogP contribution is -2.57. The number of rotatable bonds is 9. The highest BCUT2D eigenvalue weighted by atomic mass is 16.4.